The van der Waals surface area contributed by atoms with Crippen LogP contribution in [0.25, 0.3) is 28.0 Å². The molecule has 4 aromatic heterocycles. The van der Waals surface area contributed by atoms with Crippen LogP contribution in [-0.4, -0.2) is 79.4 Å². The van der Waals surface area contributed by atoms with Crippen molar-refractivity contribution >= 4 is 27.2 Å². The number of nitrogens with one attached hydrogen (secondary N) is 1. The van der Waals surface area contributed by atoms with Gasteiger partial charge in [-0.3, -0.25) is 9.78 Å². The van der Waals surface area contributed by atoms with E-state index in [2.05, 4.69) is 25.3 Å². The first-order valence-electron chi connectivity index (χ1n) is 14.0. The number of aromatic amines is 1. The summed E-state index contributed by atoms with van der Waals surface area (Å²) in [7, 11) is -2.32. The number of nitrogens with two attached hydrogens (primary N) is 1. The summed E-state index contributed by atoms with van der Waals surface area (Å²) in [6.45, 7) is 0. The van der Waals surface area contributed by atoms with Crippen LogP contribution in [0.5, 0.6) is 5.75 Å². The number of rotatable bonds is 6. The number of aromatic nitrogens is 7. The summed E-state index contributed by atoms with van der Waals surface area (Å²) in [5, 5.41) is 12.0. The van der Waals surface area contributed by atoms with E-state index in [4.69, 9.17) is 15.5 Å². The van der Waals surface area contributed by atoms with Gasteiger partial charge in [0.2, 0.25) is 5.82 Å². The van der Waals surface area contributed by atoms with Gasteiger partial charge in [0.15, 0.2) is 15.5 Å². The molecule has 0 spiro atoms. The van der Waals surface area contributed by atoms with Crippen LogP contribution in [0.15, 0.2) is 53.9 Å². The van der Waals surface area contributed by atoms with Crippen LogP contribution in [-0.2, 0) is 9.84 Å². The predicted molar refractivity (Wildman–Crippen MR) is 157 cm³/mol. The van der Waals surface area contributed by atoms with Crippen molar-refractivity contribution in [3.05, 3.63) is 66.4 Å². The Morgan fingerprint density at radius 3 is 2.50 bits per heavy atom. The predicted octanol–water partition coefficient (Wildman–Crippen LogP) is 3.26. The second-order valence-corrected chi connectivity index (χ2v) is 13.1. The Balaban J connectivity index is 1.27. The summed E-state index contributed by atoms with van der Waals surface area (Å²) in [6.07, 6.45) is 8.25. The van der Waals surface area contributed by atoms with Gasteiger partial charge in [-0.05, 0) is 43.9 Å². The zero-order valence-corrected chi connectivity index (χ0v) is 24.6. The van der Waals surface area contributed by atoms with E-state index in [0.717, 1.165) is 19.1 Å². The normalized spacial score (nSPS) is 19.9. The van der Waals surface area contributed by atoms with Crippen molar-refractivity contribution in [3.8, 4) is 28.1 Å². The average Bonchev–Trinajstić information content (AvgIpc) is 3.75. The van der Waals surface area contributed by atoms with E-state index in [9.17, 15) is 17.6 Å². The first-order chi connectivity index (χ1) is 21.1. The quantitative estimate of drug-likeness (QED) is 0.288. The fourth-order valence-corrected chi connectivity index (χ4v) is 7.64. The molecule has 6 heterocycles. The summed E-state index contributed by atoms with van der Waals surface area (Å²) < 4.78 is 47.3. The molecular weight excluding hydrogens is 589 g/mol. The molecule has 2 saturated heterocycles. The van der Waals surface area contributed by atoms with Crippen LogP contribution >= 0.6 is 0 Å². The average molecular weight is 618 g/mol. The third kappa shape index (κ3) is 4.54. The van der Waals surface area contributed by atoms with Gasteiger partial charge in [0.25, 0.3) is 5.91 Å². The minimum Gasteiger partial charge on any atom is -0.497 e. The summed E-state index contributed by atoms with van der Waals surface area (Å²) in [6, 6.07) is 7.81. The van der Waals surface area contributed by atoms with Crippen molar-refractivity contribution < 1.29 is 22.3 Å². The fourth-order valence-electron chi connectivity index (χ4n) is 6.59. The van der Waals surface area contributed by atoms with Gasteiger partial charge >= 0.3 is 0 Å². The van der Waals surface area contributed by atoms with Gasteiger partial charge in [-0.1, -0.05) is 6.07 Å². The smallest absolute Gasteiger partial charge is 0.292 e. The first-order valence-corrected chi connectivity index (χ1v) is 15.9. The molecule has 15 heteroatoms. The lowest BCUT2D eigenvalue weighted by molar-refractivity contribution is 0.0556. The van der Waals surface area contributed by atoms with E-state index in [0.29, 0.717) is 52.3 Å². The number of fused-ring (bicyclic) bond motifs is 3. The Labute approximate surface area is 251 Å². The molecule has 2 fully saturated rings. The Bertz CT molecular complexity index is 2000. The van der Waals surface area contributed by atoms with Crippen LogP contribution in [0.3, 0.4) is 0 Å². The van der Waals surface area contributed by atoms with Gasteiger partial charge in [-0.25, -0.2) is 17.8 Å². The maximum Gasteiger partial charge on any atom is 0.292 e. The molecule has 0 radical (unpaired) electrons. The van der Waals surface area contributed by atoms with Crippen LogP contribution in [0.4, 0.5) is 10.2 Å². The number of ether oxygens (including phenoxy) is 1. The van der Waals surface area contributed by atoms with Gasteiger partial charge in [0, 0.05) is 53.2 Å². The molecular formula is C29H28FN9O4S. The minimum absolute atomic E-state index is 0.0313. The van der Waals surface area contributed by atoms with Crippen LogP contribution in [0.1, 0.15) is 47.9 Å². The first kappa shape index (κ1) is 27.9. The number of carbonyl (C=O) groups excluding carboxylic acids is 1. The monoisotopic (exact) mass is 617 g/mol. The molecule has 0 aliphatic carbocycles. The molecule has 0 saturated carbocycles. The number of carbonyl (C=O) groups is 1. The summed E-state index contributed by atoms with van der Waals surface area (Å²) >= 11 is 0. The topological polar surface area (TPSA) is 174 Å². The minimum atomic E-state index is -3.79. The van der Waals surface area contributed by atoms with Crippen molar-refractivity contribution in [1.29, 1.82) is 0 Å². The van der Waals surface area contributed by atoms with E-state index < -0.39 is 15.7 Å². The number of amides is 1. The molecule has 3 N–H and O–H groups in total. The third-order valence-corrected chi connectivity index (χ3v) is 9.69. The van der Waals surface area contributed by atoms with E-state index in [-0.39, 0.29) is 40.4 Å². The van der Waals surface area contributed by atoms with Crippen LogP contribution < -0.4 is 10.5 Å². The number of pyridine rings is 1. The molecule has 0 unspecified atom stereocenters. The molecule has 3 atom stereocenters. The van der Waals surface area contributed by atoms with Crippen molar-refractivity contribution in [2.75, 3.05) is 19.1 Å². The number of H-pyrrole nitrogens is 1. The molecule has 2 aliphatic heterocycles. The zero-order chi connectivity index (χ0) is 30.7. The van der Waals surface area contributed by atoms with Gasteiger partial charge in [0.1, 0.15) is 28.6 Å². The van der Waals surface area contributed by atoms with Gasteiger partial charge < -0.3 is 20.4 Å². The van der Waals surface area contributed by atoms with E-state index >= 15 is 0 Å². The second kappa shape index (κ2) is 10.4. The maximum absolute atomic E-state index is 14.7. The Morgan fingerprint density at radius 1 is 1.11 bits per heavy atom. The van der Waals surface area contributed by atoms with Crippen molar-refractivity contribution in [2.24, 2.45) is 0 Å². The standard InChI is InChI=1S/C29H28FN9O4S/c1-43-19-6-7-20(22(30)11-19)23-8-3-15(12-32-23)21-13-35-39-26(31)25(44(2,41)42)24(36-28(21)39)16-9-17-4-5-18(10-16)38(17)29(40)27-33-14-34-37-27/h3,6-8,11-14,16-18H,4-5,9-10,31H2,1-2H3,(H,33,34,37)/t16-,17-,18+. The molecule has 1 aromatic carbocycles. The fraction of sp³-hybridized carbons (Fsp3) is 0.310. The number of hydrogen-bond donors (Lipinski definition) is 2. The SMILES string of the molecule is COc1ccc(-c2ccc(-c3cnn4c(N)c(S(C)(=O)=O)c([C@@H]5C[C@H]6CC[C@@H](C5)N6C(=O)c5nnc[nH]5)nc34)cn2)c(F)c1. The molecule has 13 nitrogen and oxygen atoms in total. The van der Waals surface area contributed by atoms with Crippen molar-refractivity contribution in [2.45, 2.75) is 48.6 Å². The molecule has 7 rings (SSSR count). The lowest BCUT2D eigenvalue weighted by Gasteiger charge is -2.38. The summed E-state index contributed by atoms with van der Waals surface area (Å²) in [5.41, 5.74) is 9.24. The lowest BCUT2D eigenvalue weighted by Crippen LogP contribution is -2.46. The second-order valence-electron chi connectivity index (χ2n) is 11.2. The van der Waals surface area contributed by atoms with E-state index in [1.807, 2.05) is 4.90 Å². The van der Waals surface area contributed by atoms with Gasteiger partial charge in [-0.15, -0.1) is 10.2 Å². The van der Waals surface area contributed by atoms with Crippen molar-refractivity contribution in [3.63, 3.8) is 0 Å². The zero-order valence-electron chi connectivity index (χ0n) is 23.8. The number of benzene rings is 1. The molecule has 2 bridgehead atoms. The Kier molecular flexibility index (Phi) is 6.57. The highest BCUT2D eigenvalue weighted by Gasteiger charge is 2.46. The number of hydrogen-bond acceptors (Lipinski definition) is 10. The highest BCUT2D eigenvalue weighted by atomic mass is 32.2. The lowest BCUT2D eigenvalue weighted by atomic mass is 9.87. The summed E-state index contributed by atoms with van der Waals surface area (Å²) in [5.74, 6) is -0.388. The van der Waals surface area contributed by atoms with Crippen LogP contribution in [0, 0.1) is 5.82 Å². The number of anilines is 1. The van der Waals surface area contributed by atoms with Crippen LogP contribution in [0.2, 0.25) is 0 Å². The number of nitrogen functional groups attached to an aromatic ring is 1. The number of halogens is 1. The highest BCUT2D eigenvalue weighted by molar-refractivity contribution is 7.91. The largest absolute Gasteiger partial charge is 0.497 e. The van der Waals surface area contributed by atoms with Crippen molar-refractivity contribution in [1.82, 2.24) is 39.7 Å². The third-order valence-electron chi connectivity index (χ3n) is 8.53. The highest BCUT2D eigenvalue weighted by Crippen LogP contribution is 2.45. The number of piperidine rings is 1. The molecule has 226 valence electrons. The Morgan fingerprint density at radius 2 is 1.89 bits per heavy atom. The van der Waals surface area contributed by atoms with Gasteiger partial charge in [0.05, 0.1) is 24.7 Å². The number of methoxy groups -OCH3 is 1. The molecule has 2 aliphatic rings. The molecule has 5 aromatic rings. The van der Waals surface area contributed by atoms with E-state index in [1.165, 1.54) is 24.0 Å². The number of nitrogens with zero attached hydrogens (tertiary/aromatic N) is 7. The molecule has 44 heavy (non-hydrogen) atoms. The van der Waals surface area contributed by atoms with Gasteiger partial charge in [-0.2, -0.15) is 9.61 Å². The van der Waals surface area contributed by atoms with E-state index in [1.54, 1.807) is 36.7 Å². The number of sulfone groups is 1. The molecule has 1 amide bonds. The summed E-state index contributed by atoms with van der Waals surface area (Å²) in [4.78, 5) is 27.1. The Hall–Kier alpha value is -4.92. The maximum atomic E-state index is 14.7.